The van der Waals surface area contributed by atoms with Gasteiger partial charge < -0.3 is 5.11 Å². The number of carboxylic acid groups (broad SMARTS) is 1. The van der Waals surface area contributed by atoms with Gasteiger partial charge in [0.05, 0.1) is 11.3 Å². The highest BCUT2D eigenvalue weighted by Gasteiger charge is 2.13. The smallest absolute Gasteiger partial charge is 0.335 e. The molecule has 1 aromatic heterocycles. The normalized spacial score (nSPS) is 11.3. The van der Waals surface area contributed by atoms with Crippen molar-refractivity contribution in [1.82, 2.24) is 9.78 Å². The Hall–Kier alpha value is -3.39. The summed E-state index contributed by atoms with van der Waals surface area (Å²) >= 11 is 0.994. The van der Waals surface area contributed by atoms with Crippen LogP contribution in [0.25, 0.3) is 5.69 Å². The summed E-state index contributed by atoms with van der Waals surface area (Å²) in [6.45, 7) is 1.37. The second kappa shape index (κ2) is 7.24. The number of hydrogen-bond acceptors (Lipinski definition) is 5. The number of nitrogens with zero attached hydrogens (tertiary/aromatic N) is 3. The van der Waals surface area contributed by atoms with Crippen LogP contribution in [0.4, 0.5) is 0 Å². The molecule has 0 atom stereocenters. The van der Waals surface area contributed by atoms with Gasteiger partial charge in [-0.25, -0.2) is 9.48 Å². The third kappa shape index (κ3) is 3.65. The van der Waals surface area contributed by atoms with Crippen LogP contribution in [-0.4, -0.2) is 32.5 Å². The Labute approximate surface area is 151 Å². The van der Waals surface area contributed by atoms with Crippen molar-refractivity contribution in [2.24, 2.45) is 4.99 Å². The Kier molecular flexibility index (Phi) is 4.85. The minimum absolute atomic E-state index is 0.121. The van der Waals surface area contributed by atoms with Crippen molar-refractivity contribution >= 4 is 29.0 Å². The molecule has 0 bridgehead atoms. The number of carbonyl (C=O) groups is 3. The van der Waals surface area contributed by atoms with E-state index >= 15 is 0 Å². The van der Waals surface area contributed by atoms with Gasteiger partial charge >= 0.3 is 5.97 Å². The van der Waals surface area contributed by atoms with Crippen molar-refractivity contribution in [3.63, 3.8) is 0 Å². The highest BCUT2D eigenvalue weighted by molar-refractivity contribution is 7.11. The van der Waals surface area contributed by atoms with E-state index in [9.17, 15) is 14.4 Å². The molecule has 1 amide bonds. The van der Waals surface area contributed by atoms with Crippen LogP contribution in [0.5, 0.6) is 0 Å². The van der Waals surface area contributed by atoms with Gasteiger partial charge in [0, 0.05) is 12.5 Å². The summed E-state index contributed by atoms with van der Waals surface area (Å²) in [6, 6.07) is 14.5. The minimum Gasteiger partial charge on any atom is -0.478 e. The summed E-state index contributed by atoms with van der Waals surface area (Å²) in [5.74, 6) is -1.76. The lowest BCUT2D eigenvalue weighted by Gasteiger charge is -2.02. The molecule has 0 aliphatic rings. The van der Waals surface area contributed by atoms with E-state index in [4.69, 9.17) is 5.11 Å². The molecule has 0 unspecified atom stereocenters. The Balaban J connectivity index is 2.10. The zero-order chi connectivity index (χ0) is 18.7. The van der Waals surface area contributed by atoms with Crippen LogP contribution < -0.4 is 4.80 Å². The molecular formula is C18H13N3O4S. The third-order valence-corrected chi connectivity index (χ3v) is 4.45. The number of rotatable bonds is 4. The van der Waals surface area contributed by atoms with Gasteiger partial charge in [-0.1, -0.05) is 29.5 Å². The van der Waals surface area contributed by atoms with E-state index in [2.05, 4.69) is 10.1 Å². The molecule has 3 aromatic rings. The van der Waals surface area contributed by atoms with Crippen molar-refractivity contribution in [3.05, 3.63) is 75.5 Å². The van der Waals surface area contributed by atoms with Crippen LogP contribution in [0.1, 0.15) is 37.4 Å². The molecule has 3 rings (SSSR count). The number of Topliss-reactive ketones (excluding diaryl/α,β-unsaturated/α-hetero) is 1. The fraction of sp³-hybridized carbons (Fsp3) is 0.0556. The molecule has 7 nitrogen and oxygen atoms in total. The van der Waals surface area contributed by atoms with Crippen molar-refractivity contribution in [2.45, 2.75) is 6.92 Å². The van der Waals surface area contributed by atoms with Crippen LogP contribution in [0.3, 0.4) is 0 Å². The number of aromatic nitrogens is 2. The number of ketones is 1. The highest BCUT2D eigenvalue weighted by Crippen LogP contribution is 2.11. The van der Waals surface area contributed by atoms with Crippen molar-refractivity contribution in [1.29, 1.82) is 0 Å². The number of amides is 1. The van der Waals surface area contributed by atoms with Crippen molar-refractivity contribution in [3.8, 4) is 5.69 Å². The van der Waals surface area contributed by atoms with E-state index in [0.717, 1.165) is 11.3 Å². The van der Waals surface area contributed by atoms with E-state index in [0.29, 0.717) is 11.3 Å². The average molecular weight is 367 g/mol. The summed E-state index contributed by atoms with van der Waals surface area (Å²) < 4.78 is 1.36. The number of benzene rings is 2. The number of aromatic carboxylic acids is 1. The minimum atomic E-state index is -1.05. The van der Waals surface area contributed by atoms with Gasteiger partial charge in [0.1, 0.15) is 0 Å². The molecule has 0 fully saturated rings. The maximum absolute atomic E-state index is 12.4. The third-order valence-electron chi connectivity index (χ3n) is 3.44. The standard InChI is InChI=1S/C18H13N3O4S/c1-11(22)16-20-21(14-9-7-13(8-10-14)17(24)25)18(26-16)19-15(23)12-5-3-2-4-6-12/h2-10H,1H3,(H,24,25). The maximum Gasteiger partial charge on any atom is 0.335 e. The molecule has 26 heavy (non-hydrogen) atoms. The molecule has 130 valence electrons. The lowest BCUT2D eigenvalue weighted by atomic mass is 10.2. The van der Waals surface area contributed by atoms with Gasteiger partial charge in [-0.3, -0.25) is 9.59 Å². The number of carbonyl (C=O) groups excluding carboxylic acids is 2. The first-order valence-corrected chi connectivity index (χ1v) is 8.36. The predicted octanol–water partition coefficient (Wildman–Crippen LogP) is 2.58. The first kappa shape index (κ1) is 17.4. The summed E-state index contributed by atoms with van der Waals surface area (Å²) in [5.41, 5.74) is 1.03. The van der Waals surface area contributed by atoms with Gasteiger partial charge in [0.25, 0.3) is 5.91 Å². The zero-order valence-corrected chi connectivity index (χ0v) is 14.4. The maximum atomic E-state index is 12.4. The van der Waals surface area contributed by atoms with E-state index in [-0.39, 0.29) is 21.2 Å². The first-order valence-electron chi connectivity index (χ1n) is 7.54. The monoisotopic (exact) mass is 367 g/mol. The topological polar surface area (TPSA) is 102 Å². The predicted molar refractivity (Wildman–Crippen MR) is 94.7 cm³/mol. The molecular weight excluding hydrogens is 354 g/mol. The quantitative estimate of drug-likeness (QED) is 0.714. The van der Waals surface area contributed by atoms with Crippen LogP contribution in [0.15, 0.2) is 59.6 Å². The van der Waals surface area contributed by atoms with E-state index in [1.165, 1.54) is 23.7 Å². The summed E-state index contributed by atoms with van der Waals surface area (Å²) in [6.07, 6.45) is 0. The first-order chi connectivity index (χ1) is 12.5. The zero-order valence-electron chi connectivity index (χ0n) is 13.6. The average Bonchev–Trinajstić information content (AvgIpc) is 3.06. The van der Waals surface area contributed by atoms with Gasteiger partial charge in [0.15, 0.2) is 10.8 Å². The van der Waals surface area contributed by atoms with Crippen molar-refractivity contribution < 1.29 is 19.5 Å². The molecule has 0 radical (unpaired) electrons. The van der Waals surface area contributed by atoms with Gasteiger partial charge in [0.2, 0.25) is 4.80 Å². The number of hydrogen-bond donors (Lipinski definition) is 1. The Morgan fingerprint density at radius 3 is 2.23 bits per heavy atom. The lowest BCUT2D eigenvalue weighted by molar-refractivity contribution is 0.0696. The van der Waals surface area contributed by atoms with Crippen molar-refractivity contribution in [2.75, 3.05) is 0 Å². The lowest BCUT2D eigenvalue weighted by Crippen LogP contribution is -2.17. The fourth-order valence-corrected chi connectivity index (χ4v) is 2.94. The Morgan fingerprint density at radius 2 is 1.65 bits per heavy atom. The van der Waals surface area contributed by atoms with Crippen LogP contribution in [-0.2, 0) is 0 Å². The molecule has 2 aromatic carbocycles. The SMILES string of the molecule is CC(=O)c1nn(-c2ccc(C(=O)O)cc2)c(=NC(=O)c2ccccc2)s1. The molecule has 0 aliphatic carbocycles. The number of carboxylic acids is 1. The second-order valence-corrected chi connectivity index (χ2v) is 6.25. The second-order valence-electron chi connectivity index (χ2n) is 5.29. The van der Waals surface area contributed by atoms with Gasteiger partial charge in [-0.2, -0.15) is 10.1 Å². The van der Waals surface area contributed by atoms with E-state index in [1.54, 1.807) is 42.5 Å². The molecule has 0 spiro atoms. The Bertz CT molecular complexity index is 1050. The molecule has 8 heteroatoms. The van der Waals surface area contributed by atoms with E-state index < -0.39 is 11.9 Å². The summed E-state index contributed by atoms with van der Waals surface area (Å²) in [5, 5.41) is 13.4. The molecule has 1 heterocycles. The molecule has 0 saturated carbocycles. The summed E-state index contributed by atoms with van der Waals surface area (Å²) in [4.78, 5) is 39.3. The molecule has 0 saturated heterocycles. The molecule has 0 aliphatic heterocycles. The largest absolute Gasteiger partial charge is 0.478 e. The van der Waals surface area contributed by atoms with Crippen LogP contribution in [0, 0.1) is 0 Å². The van der Waals surface area contributed by atoms with Crippen LogP contribution >= 0.6 is 11.3 Å². The van der Waals surface area contributed by atoms with Gasteiger partial charge in [-0.15, -0.1) is 0 Å². The van der Waals surface area contributed by atoms with Crippen LogP contribution in [0.2, 0.25) is 0 Å². The Morgan fingerprint density at radius 1 is 1.00 bits per heavy atom. The summed E-state index contributed by atoms with van der Waals surface area (Å²) in [7, 11) is 0. The highest BCUT2D eigenvalue weighted by atomic mass is 32.1. The molecule has 1 N–H and O–H groups in total. The fourth-order valence-electron chi connectivity index (χ4n) is 2.14. The van der Waals surface area contributed by atoms with Gasteiger partial charge in [-0.05, 0) is 36.4 Å². The van der Waals surface area contributed by atoms with E-state index in [1.807, 2.05) is 0 Å².